The smallest absolute Gasteiger partial charge is 0.245 e. The Morgan fingerprint density at radius 2 is 1.85 bits per heavy atom. The number of hydrogen-bond acceptors (Lipinski definition) is 5. The fourth-order valence-electron chi connectivity index (χ4n) is 4.34. The van der Waals surface area contributed by atoms with E-state index < -0.39 is 15.8 Å². The quantitative estimate of drug-likeness (QED) is 0.679. The van der Waals surface area contributed by atoms with Crippen molar-refractivity contribution in [2.75, 3.05) is 31.2 Å². The summed E-state index contributed by atoms with van der Waals surface area (Å²) in [6.07, 6.45) is 1.66. The molecule has 0 aromatic heterocycles. The molecular formula is C18H23BrN2O5S. The monoisotopic (exact) mass is 458 g/mol. The number of piperidine rings is 1. The van der Waals surface area contributed by atoms with Gasteiger partial charge in [0.15, 0.2) is 5.79 Å². The fourth-order valence-corrected chi connectivity index (χ4v) is 6.69. The van der Waals surface area contributed by atoms with Crippen molar-refractivity contribution in [2.45, 2.75) is 49.8 Å². The zero-order valence-electron chi connectivity index (χ0n) is 15.4. The molecule has 0 saturated carbocycles. The maximum Gasteiger partial charge on any atom is 0.245 e. The van der Waals surface area contributed by atoms with Crippen molar-refractivity contribution in [1.82, 2.24) is 4.31 Å². The molecule has 0 aliphatic carbocycles. The van der Waals surface area contributed by atoms with Crippen LogP contribution in [0.25, 0.3) is 0 Å². The van der Waals surface area contributed by atoms with Crippen molar-refractivity contribution in [3.63, 3.8) is 0 Å². The highest BCUT2D eigenvalue weighted by atomic mass is 79.9. The topological polar surface area (TPSA) is 76.2 Å². The number of anilines is 1. The number of amides is 1. The fraction of sp³-hybridized carbons (Fsp3) is 0.611. The molecule has 1 aromatic carbocycles. The van der Waals surface area contributed by atoms with Gasteiger partial charge in [0.2, 0.25) is 15.9 Å². The van der Waals surface area contributed by atoms with E-state index in [2.05, 4.69) is 15.9 Å². The Kier molecular flexibility index (Phi) is 4.87. The van der Waals surface area contributed by atoms with Gasteiger partial charge in [-0.1, -0.05) is 15.9 Å². The van der Waals surface area contributed by atoms with Crippen LogP contribution in [-0.4, -0.2) is 56.8 Å². The summed E-state index contributed by atoms with van der Waals surface area (Å²) >= 11 is 3.43. The molecule has 3 aliphatic heterocycles. The lowest BCUT2D eigenvalue weighted by molar-refractivity contribution is -0.179. The molecule has 0 radical (unpaired) electrons. The van der Waals surface area contributed by atoms with Crippen molar-refractivity contribution < 1.29 is 22.7 Å². The van der Waals surface area contributed by atoms with Crippen molar-refractivity contribution >= 4 is 37.5 Å². The summed E-state index contributed by atoms with van der Waals surface area (Å²) in [7, 11) is -3.75. The van der Waals surface area contributed by atoms with E-state index >= 15 is 0 Å². The molecule has 2 fully saturated rings. The predicted octanol–water partition coefficient (Wildman–Crippen LogP) is 2.27. The highest BCUT2D eigenvalue weighted by molar-refractivity contribution is 9.10. The summed E-state index contributed by atoms with van der Waals surface area (Å²) in [4.78, 5) is 14.0. The minimum Gasteiger partial charge on any atom is -0.347 e. The maximum atomic E-state index is 13.5. The minimum absolute atomic E-state index is 0.0642. The standard InChI is InChI=1S/C18H23BrN2O5S/c1-12-9-14-10-15(19)11-16(17(14)21(12)13(2)22)27(23,24)20-5-3-18(4-6-20)25-7-8-26-18/h10-12H,3-9H2,1-2H3. The molecule has 9 heteroatoms. The Morgan fingerprint density at radius 3 is 2.44 bits per heavy atom. The van der Waals surface area contributed by atoms with Gasteiger partial charge in [-0.15, -0.1) is 0 Å². The summed E-state index contributed by atoms with van der Waals surface area (Å²) < 4.78 is 40.5. The molecule has 3 heterocycles. The van der Waals surface area contributed by atoms with Gasteiger partial charge >= 0.3 is 0 Å². The molecular weight excluding hydrogens is 436 g/mol. The second kappa shape index (κ2) is 6.81. The summed E-state index contributed by atoms with van der Waals surface area (Å²) in [6.45, 7) is 5.18. The summed E-state index contributed by atoms with van der Waals surface area (Å²) in [5.74, 6) is -0.782. The van der Waals surface area contributed by atoms with Gasteiger partial charge in [-0.3, -0.25) is 4.79 Å². The van der Waals surface area contributed by atoms with Crippen LogP contribution in [-0.2, 0) is 30.7 Å². The lowest BCUT2D eigenvalue weighted by atomic mass is 10.1. The van der Waals surface area contributed by atoms with Crippen LogP contribution in [0.4, 0.5) is 5.69 Å². The largest absolute Gasteiger partial charge is 0.347 e. The molecule has 0 bridgehead atoms. The predicted molar refractivity (Wildman–Crippen MR) is 103 cm³/mol. The van der Waals surface area contributed by atoms with Crippen LogP contribution >= 0.6 is 15.9 Å². The average molecular weight is 459 g/mol. The highest BCUT2D eigenvalue weighted by Crippen LogP contribution is 2.42. The van der Waals surface area contributed by atoms with Crippen LogP contribution < -0.4 is 4.90 Å². The lowest BCUT2D eigenvalue weighted by Gasteiger charge is -2.37. The van der Waals surface area contributed by atoms with E-state index in [9.17, 15) is 13.2 Å². The van der Waals surface area contributed by atoms with E-state index in [0.717, 1.165) is 5.56 Å². The first kappa shape index (κ1) is 19.3. The lowest BCUT2D eigenvalue weighted by Crippen LogP contribution is -2.47. The van der Waals surface area contributed by atoms with E-state index in [1.165, 1.54) is 11.2 Å². The van der Waals surface area contributed by atoms with Crippen LogP contribution in [0.5, 0.6) is 0 Å². The van der Waals surface area contributed by atoms with Gasteiger partial charge in [0, 0.05) is 43.4 Å². The first-order chi connectivity index (χ1) is 12.7. The number of carbonyl (C=O) groups is 1. The third kappa shape index (κ3) is 3.23. The number of carbonyl (C=O) groups excluding carboxylic acids is 1. The van der Waals surface area contributed by atoms with Crippen molar-refractivity contribution in [3.05, 3.63) is 22.2 Å². The van der Waals surface area contributed by atoms with Crippen LogP contribution in [0.3, 0.4) is 0 Å². The summed E-state index contributed by atoms with van der Waals surface area (Å²) in [5.41, 5.74) is 1.40. The van der Waals surface area contributed by atoms with Crippen molar-refractivity contribution in [1.29, 1.82) is 0 Å². The SMILES string of the molecule is CC(=O)N1c2c(cc(Br)cc2S(=O)(=O)N2CCC3(CC2)OCCO3)CC1C. The minimum atomic E-state index is -3.75. The number of fused-ring (bicyclic) bond motifs is 1. The molecule has 1 spiro atoms. The number of hydrogen-bond donors (Lipinski definition) is 0. The molecule has 1 amide bonds. The maximum absolute atomic E-state index is 13.5. The van der Waals surface area contributed by atoms with Gasteiger partial charge < -0.3 is 14.4 Å². The molecule has 1 unspecified atom stereocenters. The zero-order valence-corrected chi connectivity index (χ0v) is 17.8. The Hall–Kier alpha value is -1.00. The van der Waals surface area contributed by atoms with Gasteiger partial charge in [0.1, 0.15) is 4.90 Å². The van der Waals surface area contributed by atoms with Gasteiger partial charge in [-0.25, -0.2) is 8.42 Å². The van der Waals surface area contributed by atoms with E-state index in [0.29, 0.717) is 55.7 Å². The van der Waals surface area contributed by atoms with Crippen LogP contribution in [0, 0.1) is 0 Å². The first-order valence-corrected chi connectivity index (χ1v) is 11.4. The highest BCUT2D eigenvalue weighted by Gasteiger charge is 2.44. The molecule has 4 rings (SSSR count). The van der Waals surface area contributed by atoms with E-state index in [1.54, 1.807) is 11.0 Å². The number of nitrogens with zero attached hydrogens (tertiary/aromatic N) is 2. The Labute approximate surface area is 167 Å². The number of sulfonamides is 1. The van der Waals surface area contributed by atoms with Crippen molar-refractivity contribution in [3.8, 4) is 0 Å². The van der Waals surface area contributed by atoms with Gasteiger partial charge in [-0.2, -0.15) is 4.31 Å². The van der Waals surface area contributed by atoms with Crippen molar-refractivity contribution in [2.24, 2.45) is 0 Å². The molecule has 1 atom stereocenters. The van der Waals surface area contributed by atoms with E-state index in [4.69, 9.17) is 9.47 Å². The molecule has 148 valence electrons. The van der Waals surface area contributed by atoms with E-state index in [-0.39, 0.29) is 16.8 Å². The van der Waals surface area contributed by atoms with Crippen LogP contribution in [0.1, 0.15) is 32.3 Å². The van der Waals surface area contributed by atoms with Crippen LogP contribution in [0.15, 0.2) is 21.5 Å². The normalized spacial score (nSPS) is 25.1. The molecule has 2 saturated heterocycles. The molecule has 7 nitrogen and oxygen atoms in total. The molecule has 27 heavy (non-hydrogen) atoms. The zero-order chi connectivity index (χ0) is 19.4. The third-order valence-corrected chi connectivity index (χ3v) is 7.94. The summed E-state index contributed by atoms with van der Waals surface area (Å²) in [6, 6.07) is 3.44. The van der Waals surface area contributed by atoms with Gasteiger partial charge in [0.05, 0.1) is 18.9 Å². The number of rotatable bonds is 2. The summed E-state index contributed by atoms with van der Waals surface area (Å²) in [5, 5.41) is 0. The Balaban J connectivity index is 1.70. The Morgan fingerprint density at radius 1 is 1.22 bits per heavy atom. The van der Waals surface area contributed by atoms with Gasteiger partial charge in [0.25, 0.3) is 0 Å². The average Bonchev–Trinajstić information content (AvgIpc) is 3.18. The number of halogens is 1. The van der Waals surface area contributed by atoms with E-state index in [1.807, 2.05) is 13.0 Å². The second-order valence-electron chi connectivity index (χ2n) is 7.37. The van der Waals surface area contributed by atoms with Crippen LogP contribution in [0.2, 0.25) is 0 Å². The number of benzene rings is 1. The second-order valence-corrected chi connectivity index (χ2v) is 10.2. The molecule has 1 aromatic rings. The third-order valence-electron chi connectivity index (χ3n) is 5.57. The first-order valence-electron chi connectivity index (χ1n) is 9.14. The molecule has 3 aliphatic rings. The Bertz CT molecular complexity index is 872. The molecule has 0 N–H and O–H groups in total. The van der Waals surface area contributed by atoms with Gasteiger partial charge in [-0.05, 0) is 31.0 Å². The number of ether oxygens (including phenoxy) is 2.